The molecule has 1 fully saturated rings. The first-order valence-corrected chi connectivity index (χ1v) is 8.11. The first-order chi connectivity index (χ1) is 11.8. The first-order valence-electron chi connectivity index (χ1n) is 8.11. The van der Waals surface area contributed by atoms with Gasteiger partial charge >= 0.3 is 0 Å². The number of nitrogens with zero attached hydrogens (tertiary/aromatic N) is 5. The van der Waals surface area contributed by atoms with Gasteiger partial charge in [0.25, 0.3) is 5.91 Å². The minimum atomic E-state index is -0.134. The highest BCUT2D eigenvalue weighted by Crippen LogP contribution is 2.31. The SMILES string of the molecule is O=C(Nc1ccnn1C1CCCC1)c1ccc(-n2cnnc2)cc1. The van der Waals surface area contributed by atoms with Crippen molar-refractivity contribution in [1.29, 1.82) is 0 Å². The van der Waals surface area contributed by atoms with Crippen LogP contribution in [0.3, 0.4) is 0 Å². The summed E-state index contributed by atoms with van der Waals surface area (Å²) in [7, 11) is 0. The van der Waals surface area contributed by atoms with Crippen LogP contribution < -0.4 is 5.32 Å². The molecule has 1 aromatic carbocycles. The number of anilines is 1. The van der Waals surface area contributed by atoms with Crippen molar-refractivity contribution in [2.75, 3.05) is 5.32 Å². The smallest absolute Gasteiger partial charge is 0.256 e. The fraction of sp³-hybridized carbons (Fsp3) is 0.294. The Labute approximate surface area is 139 Å². The monoisotopic (exact) mass is 322 g/mol. The summed E-state index contributed by atoms with van der Waals surface area (Å²) in [5.41, 5.74) is 1.51. The van der Waals surface area contributed by atoms with Crippen molar-refractivity contribution in [2.45, 2.75) is 31.7 Å². The highest BCUT2D eigenvalue weighted by molar-refractivity contribution is 6.03. The van der Waals surface area contributed by atoms with E-state index in [1.54, 1.807) is 35.6 Å². The fourth-order valence-corrected chi connectivity index (χ4v) is 3.16. The number of amides is 1. The molecule has 4 rings (SSSR count). The molecule has 0 saturated heterocycles. The third-order valence-electron chi connectivity index (χ3n) is 4.43. The molecule has 1 aliphatic carbocycles. The lowest BCUT2D eigenvalue weighted by Crippen LogP contribution is -2.17. The van der Waals surface area contributed by atoms with E-state index in [4.69, 9.17) is 0 Å². The molecule has 7 heteroatoms. The maximum atomic E-state index is 12.5. The Balaban J connectivity index is 1.49. The van der Waals surface area contributed by atoms with Crippen molar-refractivity contribution in [1.82, 2.24) is 24.5 Å². The van der Waals surface area contributed by atoms with Crippen molar-refractivity contribution in [3.63, 3.8) is 0 Å². The lowest BCUT2D eigenvalue weighted by Gasteiger charge is -2.14. The summed E-state index contributed by atoms with van der Waals surface area (Å²) in [5.74, 6) is 0.625. The van der Waals surface area contributed by atoms with Gasteiger partial charge in [0.05, 0.1) is 12.2 Å². The molecule has 0 atom stereocenters. The van der Waals surface area contributed by atoms with Crippen LogP contribution in [0.15, 0.2) is 49.2 Å². The van der Waals surface area contributed by atoms with Crippen molar-refractivity contribution in [3.05, 3.63) is 54.7 Å². The molecular weight excluding hydrogens is 304 g/mol. The quantitative estimate of drug-likeness (QED) is 0.801. The van der Waals surface area contributed by atoms with Crippen molar-refractivity contribution >= 4 is 11.7 Å². The standard InChI is InChI=1S/C17H18N6O/c24-17(13-5-7-14(8-6-13)22-11-18-19-12-22)21-16-9-10-20-23(16)15-3-1-2-4-15/h5-12,15H,1-4H2,(H,21,24). The van der Waals surface area contributed by atoms with Gasteiger partial charge in [0.15, 0.2) is 0 Å². The highest BCUT2D eigenvalue weighted by Gasteiger charge is 2.20. The molecule has 24 heavy (non-hydrogen) atoms. The zero-order chi connectivity index (χ0) is 16.4. The van der Waals surface area contributed by atoms with E-state index < -0.39 is 0 Å². The predicted octanol–water partition coefficient (Wildman–Crippen LogP) is 2.83. The molecule has 1 amide bonds. The topological polar surface area (TPSA) is 77.6 Å². The van der Waals surface area contributed by atoms with Crippen LogP contribution in [0.5, 0.6) is 0 Å². The van der Waals surface area contributed by atoms with E-state index in [0.717, 1.165) is 24.3 Å². The minimum Gasteiger partial charge on any atom is -0.307 e. The number of aromatic nitrogens is 5. The van der Waals surface area contributed by atoms with Crippen LogP contribution in [0.1, 0.15) is 42.1 Å². The van der Waals surface area contributed by atoms with Crippen molar-refractivity contribution in [3.8, 4) is 5.69 Å². The van der Waals surface area contributed by atoms with Crippen molar-refractivity contribution in [2.24, 2.45) is 0 Å². The molecule has 0 spiro atoms. The summed E-state index contributed by atoms with van der Waals surface area (Å²) < 4.78 is 3.73. The maximum Gasteiger partial charge on any atom is 0.256 e. The van der Waals surface area contributed by atoms with E-state index >= 15 is 0 Å². The average molecular weight is 322 g/mol. The van der Waals surface area contributed by atoms with E-state index in [2.05, 4.69) is 20.6 Å². The summed E-state index contributed by atoms with van der Waals surface area (Å²) in [5, 5.41) is 14.9. The Morgan fingerprint density at radius 1 is 1.04 bits per heavy atom. The normalized spacial score (nSPS) is 14.8. The van der Waals surface area contributed by atoms with E-state index in [-0.39, 0.29) is 5.91 Å². The average Bonchev–Trinajstić information content (AvgIpc) is 3.36. The number of hydrogen-bond donors (Lipinski definition) is 1. The van der Waals surface area contributed by atoms with Crippen LogP contribution in [-0.4, -0.2) is 30.5 Å². The van der Waals surface area contributed by atoms with Gasteiger partial charge in [0.2, 0.25) is 0 Å². The second-order valence-corrected chi connectivity index (χ2v) is 5.97. The summed E-state index contributed by atoms with van der Waals surface area (Å²) in [6.45, 7) is 0. The van der Waals surface area contributed by atoms with E-state index in [1.165, 1.54) is 12.8 Å². The zero-order valence-corrected chi connectivity index (χ0v) is 13.2. The molecular formula is C17H18N6O. The van der Waals surface area contributed by atoms with Gasteiger partial charge in [-0.3, -0.25) is 9.36 Å². The number of nitrogens with one attached hydrogen (secondary N) is 1. The van der Waals surface area contributed by atoms with Crippen LogP contribution >= 0.6 is 0 Å². The van der Waals surface area contributed by atoms with Crippen LogP contribution in [0.4, 0.5) is 5.82 Å². The lowest BCUT2D eigenvalue weighted by molar-refractivity contribution is 0.102. The molecule has 2 aromatic heterocycles. The number of rotatable bonds is 4. The summed E-state index contributed by atoms with van der Waals surface area (Å²) >= 11 is 0. The molecule has 1 N–H and O–H groups in total. The molecule has 2 heterocycles. The predicted molar refractivity (Wildman–Crippen MR) is 89.0 cm³/mol. The molecule has 0 bridgehead atoms. The Morgan fingerprint density at radius 3 is 2.46 bits per heavy atom. The number of hydrogen-bond acceptors (Lipinski definition) is 4. The second-order valence-electron chi connectivity index (χ2n) is 5.97. The Kier molecular flexibility index (Phi) is 3.82. The van der Waals surface area contributed by atoms with Gasteiger partial charge < -0.3 is 5.32 Å². The Morgan fingerprint density at radius 2 is 1.75 bits per heavy atom. The van der Waals surface area contributed by atoms with E-state index in [9.17, 15) is 4.79 Å². The summed E-state index contributed by atoms with van der Waals surface area (Å²) in [4.78, 5) is 12.5. The molecule has 3 aromatic rings. The van der Waals surface area contributed by atoms with Gasteiger partial charge in [-0.1, -0.05) is 12.8 Å². The number of benzene rings is 1. The molecule has 0 unspecified atom stereocenters. The van der Waals surface area contributed by atoms with Gasteiger partial charge in [-0.15, -0.1) is 10.2 Å². The molecule has 7 nitrogen and oxygen atoms in total. The van der Waals surface area contributed by atoms with Crippen LogP contribution in [-0.2, 0) is 0 Å². The molecule has 122 valence electrons. The van der Waals surface area contributed by atoms with Gasteiger partial charge in [0.1, 0.15) is 18.5 Å². The van der Waals surface area contributed by atoms with Crippen LogP contribution in [0.2, 0.25) is 0 Å². The van der Waals surface area contributed by atoms with Crippen LogP contribution in [0.25, 0.3) is 5.69 Å². The molecule has 1 saturated carbocycles. The largest absolute Gasteiger partial charge is 0.307 e. The minimum absolute atomic E-state index is 0.134. The van der Waals surface area contributed by atoms with Gasteiger partial charge in [-0.25, -0.2) is 4.68 Å². The third-order valence-corrected chi connectivity index (χ3v) is 4.43. The van der Waals surface area contributed by atoms with Gasteiger partial charge in [-0.2, -0.15) is 5.10 Å². The maximum absolute atomic E-state index is 12.5. The third kappa shape index (κ3) is 2.80. The zero-order valence-electron chi connectivity index (χ0n) is 13.2. The summed E-state index contributed by atoms with van der Waals surface area (Å²) in [6, 6.07) is 9.56. The molecule has 0 aliphatic heterocycles. The second kappa shape index (κ2) is 6.27. The van der Waals surface area contributed by atoms with Gasteiger partial charge in [0, 0.05) is 17.3 Å². The fourth-order valence-electron chi connectivity index (χ4n) is 3.16. The highest BCUT2D eigenvalue weighted by atomic mass is 16.1. The lowest BCUT2D eigenvalue weighted by atomic mass is 10.2. The Bertz CT molecular complexity index is 815. The Hall–Kier alpha value is -2.96. The molecule has 1 aliphatic rings. The van der Waals surface area contributed by atoms with E-state index in [0.29, 0.717) is 11.6 Å². The van der Waals surface area contributed by atoms with Crippen LogP contribution in [0, 0.1) is 0 Å². The molecule has 0 radical (unpaired) electrons. The van der Waals surface area contributed by atoms with E-state index in [1.807, 2.05) is 22.9 Å². The van der Waals surface area contributed by atoms with Gasteiger partial charge in [-0.05, 0) is 37.1 Å². The number of carbonyl (C=O) groups excluding carboxylic acids is 1. The number of carbonyl (C=O) groups is 1. The first kappa shape index (κ1) is 14.6. The van der Waals surface area contributed by atoms with Crippen molar-refractivity contribution < 1.29 is 4.79 Å². The summed E-state index contributed by atoms with van der Waals surface area (Å²) in [6.07, 6.45) is 9.68.